The molecule has 0 saturated carbocycles. The molecule has 1 aromatic heterocycles. The highest BCUT2D eigenvalue weighted by molar-refractivity contribution is 5.93. The molecule has 0 bridgehead atoms. The number of fused-ring (bicyclic) bond motifs is 1. The maximum absolute atomic E-state index is 6.40. The van der Waals surface area contributed by atoms with Crippen LogP contribution in [-0.4, -0.2) is 16.0 Å². The molecular formula is C14H18N6. The van der Waals surface area contributed by atoms with E-state index < -0.39 is 5.79 Å². The molecule has 0 amide bonds. The maximum Gasteiger partial charge on any atom is 0.211 e. The average Bonchev–Trinajstić information content (AvgIpc) is 2.85. The molecule has 2 aromatic rings. The molecule has 2 heterocycles. The Labute approximate surface area is 116 Å². The first-order valence-electron chi connectivity index (χ1n) is 6.67. The van der Waals surface area contributed by atoms with Crippen molar-refractivity contribution in [2.24, 2.45) is 16.5 Å². The fourth-order valence-corrected chi connectivity index (χ4v) is 2.44. The third kappa shape index (κ3) is 2.14. The Morgan fingerprint density at radius 3 is 3.00 bits per heavy atom. The Morgan fingerprint density at radius 2 is 2.20 bits per heavy atom. The van der Waals surface area contributed by atoms with Gasteiger partial charge in [-0.3, -0.25) is 10.8 Å². The van der Waals surface area contributed by atoms with Crippen LogP contribution in [0.5, 0.6) is 0 Å². The highest BCUT2D eigenvalue weighted by atomic mass is 15.3. The van der Waals surface area contributed by atoms with E-state index in [2.05, 4.69) is 27.4 Å². The molecule has 0 radical (unpaired) electrons. The van der Waals surface area contributed by atoms with Crippen molar-refractivity contribution >= 4 is 16.7 Å². The minimum absolute atomic E-state index is 0.444. The Kier molecular flexibility index (Phi) is 2.94. The smallest absolute Gasteiger partial charge is 0.211 e. The van der Waals surface area contributed by atoms with Gasteiger partial charge in [0, 0.05) is 16.6 Å². The van der Waals surface area contributed by atoms with Crippen LogP contribution in [0.2, 0.25) is 0 Å². The summed E-state index contributed by atoms with van der Waals surface area (Å²) in [5.41, 5.74) is 15.1. The fourth-order valence-electron chi connectivity index (χ4n) is 2.44. The third-order valence-electron chi connectivity index (χ3n) is 3.38. The molecule has 20 heavy (non-hydrogen) atoms. The third-order valence-corrected chi connectivity index (χ3v) is 3.38. The number of aliphatic imine (C=N–C) groups is 1. The zero-order valence-corrected chi connectivity index (χ0v) is 11.4. The minimum Gasteiger partial charge on any atom is -0.384 e. The van der Waals surface area contributed by atoms with Gasteiger partial charge in [0.1, 0.15) is 5.84 Å². The summed E-state index contributed by atoms with van der Waals surface area (Å²) in [6.45, 7) is 2.11. The zero-order valence-electron chi connectivity index (χ0n) is 11.4. The van der Waals surface area contributed by atoms with E-state index in [1.807, 2.05) is 24.3 Å². The van der Waals surface area contributed by atoms with Gasteiger partial charge in [-0.15, -0.1) is 0 Å². The zero-order chi connectivity index (χ0) is 14.2. The molecule has 6 nitrogen and oxygen atoms in total. The highest BCUT2D eigenvalue weighted by Gasteiger charge is 2.30. The monoisotopic (exact) mass is 270 g/mol. The van der Waals surface area contributed by atoms with Crippen molar-refractivity contribution in [1.29, 1.82) is 0 Å². The number of nitrogens with zero attached hydrogens (tertiary/aromatic N) is 2. The summed E-state index contributed by atoms with van der Waals surface area (Å²) in [5.74, 6) is -0.581. The molecule has 104 valence electrons. The van der Waals surface area contributed by atoms with Gasteiger partial charge < -0.3 is 11.1 Å². The normalized spacial score (nSPS) is 22.3. The van der Waals surface area contributed by atoms with Crippen molar-refractivity contribution in [2.45, 2.75) is 25.6 Å². The molecule has 1 unspecified atom stereocenters. The summed E-state index contributed by atoms with van der Waals surface area (Å²) in [6, 6.07) is 5.85. The number of nitrogens with one attached hydrogen (secondary N) is 2. The van der Waals surface area contributed by atoms with Crippen LogP contribution in [0, 0.1) is 0 Å². The first kappa shape index (κ1) is 12.7. The van der Waals surface area contributed by atoms with Crippen LogP contribution in [0.25, 0.3) is 10.9 Å². The van der Waals surface area contributed by atoms with Gasteiger partial charge in [0.05, 0.1) is 11.7 Å². The number of aromatic amines is 1. The molecule has 1 atom stereocenters. The summed E-state index contributed by atoms with van der Waals surface area (Å²) >= 11 is 0. The Bertz CT molecular complexity index is 699. The quantitative estimate of drug-likeness (QED) is 0.674. The number of hydrogen-bond donors (Lipinski definition) is 4. The number of H-pyrrole nitrogens is 1. The van der Waals surface area contributed by atoms with E-state index in [9.17, 15) is 0 Å². The number of rotatable bonds is 3. The Morgan fingerprint density at radius 1 is 1.35 bits per heavy atom. The van der Waals surface area contributed by atoms with Crippen molar-refractivity contribution in [3.63, 3.8) is 0 Å². The van der Waals surface area contributed by atoms with Crippen LogP contribution >= 0.6 is 0 Å². The number of nitrogens with two attached hydrogens (primary N) is 2. The highest BCUT2D eigenvalue weighted by Crippen LogP contribution is 2.25. The number of aromatic nitrogens is 2. The van der Waals surface area contributed by atoms with Gasteiger partial charge in [-0.2, -0.15) is 5.10 Å². The number of allylic oxidation sites excluding steroid dienone is 1. The van der Waals surface area contributed by atoms with E-state index in [1.165, 1.54) is 0 Å². The molecule has 6 N–H and O–H groups in total. The molecule has 1 aliphatic rings. The van der Waals surface area contributed by atoms with E-state index in [4.69, 9.17) is 11.5 Å². The van der Waals surface area contributed by atoms with Gasteiger partial charge in [0.25, 0.3) is 0 Å². The molecule has 0 saturated heterocycles. The number of benzene rings is 1. The van der Waals surface area contributed by atoms with Crippen LogP contribution in [0.1, 0.15) is 25.3 Å². The lowest BCUT2D eigenvalue weighted by Gasteiger charge is -2.32. The topological polar surface area (TPSA) is 105 Å². The van der Waals surface area contributed by atoms with Gasteiger partial charge >= 0.3 is 0 Å². The van der Waals surface area contributed by atoms with Gasteiger partial charge in [-0.25, -0.2) is 4.99 Å². The van der Waals surface area contributed by atoms with E-state index in [0.29, 0.717) is 5.84 Å². The summed E-state index contributed by atoms with van der Waals surface area (Å²) in [4.78, 5) is 4.36. The van der Waals surface area contributed by atoms with E-state index in [0.717, 1.165) is 35.0 Å². The van der Waals surface area contributed by atoms with E-state index >= 15 is 0 Å². The summed E-state index contributed by atoms with van der Waals surface area (Å²) in [5, 5.41) is 11.3. The largest absolute Gasteiger partial charge is 0.384 e. The molecule has 0 spiro atoms. The van der Waals surface area contributed by atoms with Gasteiger partial charge in [-0.1, -0.05) is 25.5 Å². The lowest BCUT2D eigenvalue weighted by molar-refractivity contribution is 0.387. The molecule has 1 aromatic carbocycles. The van der Waals surface area contributed by atoms with E-state index in [-0.39, 0.29) is 0 Å². The Hall–Kier alpha value is -2.34. The predicted molar refractivity (Wildman–Crippen MR) is 79.7 cm³/mol. The minimum atomic E-state index is -1.03. The van der Waals surface area contributed by atoms with Crippen molar-refractivity contribution in [2.75, 3.05) is 0 Å². The second-order valence-corrected chi connectivity index (χ2v) is 5.02. The molecule has 6 heteroatoms. The van der Waals surface area contributed by atoms with E-state index in [1.54, 1.807) is 6.20 Å². The number of amidine groups is 1. The van der Waals surface area contributed by atoms with Crippen molar-refractivity contribution in [3.05, 3.63) is 41.7 Å². The van der Waals surface area contributed by atoms with Crippen molar-refractivity contribution < 1.29 is 0 Å². The van der Waals surface area contributed by atoms with Crippen molar-refractivity contribution in [3.8, 4) is 0 Å². The summed E-state index contributed by atoms with van der Waals surface area (Å²) in [6.07, 6.45) is 5.52. The molecule has 0 aliphatic carbocycles. The summed E-state index contributed by atoms with van der Waals surface area (Å²) < 4.78 is 0. The first-order valence-corrected chi connectivity index (χ1v) is 6.67. The van der Waals surface area contributed by atoms with Crippen LogP contribution < -0.4 is 16.8 Å². The fraction of sp³-hybridized carbons (Fsp3) is 0.286. The van der Waals surface area contributed by atoms with Crippen LogP contribution in [0.15, 0.2) is 41.2 Å². The standard InChI is InChI=1S/C14H18N6/c1-2-3-11-7-13(15)19-14(16,18-11)10-5-4-9-8-17-20-12(9)6-10/h4-8,18H,2-3,16H2,1H3,(H2,15,19)(H,17,20). The lowest BCUT2D eigenvalue weighted by atomic mass is 10.0. The van der Waals surface area contributed by atoms with Crippen LogP contribution in [-0.2, 0) is 5.79 Å². The Balaban J connectivity index is 2.01. The number of hydrogen-bond acceptors (Lipinski definition) is 5. The second kappa shape index (κ2) is 4.64. The first-order chi connectivity index (χ1) is 9.60. The maximum atomic E-state index is 6.40. The SMILES string of the molecule is CCCC1=CC(N)=NC(N)(c2ccc3cn[nH]c3c2)N1. The lowest BCUT2D eigenvalue weighted by Crippen LogP contribution is -2.51. The second-order valence-electron chi connectivity index (χ2n) is 5.02. The van der Waals surface area contributed by atoms with Gasteiger partial charge in [0.2, 0.25) is 5.79 Å². The van der Waals surface area contributed by atoms with Crippen LogP contribution in [0.3, 0.4) is 0 Å². The predicted octanol–water partition coefficient (Wildman–Crippen LogP) is 1.28. The van der Waals surface area contributed by atoms with Gasteiger partial charge in [0.15, 0.2) is 0 Å². The average molecular weight is 270 g/mol. The molecule has 3 rings (SSSR count). The molecule has 0 fully saturated rings. The summed E-state index contributed by atoms with van der Waals surface area (Å²) in [7, 11) is 0. The van der Waals surface area contributed by atoms with Gasteiger partial charge in [-0.05, 0) is 18.6 Å². The molecular weight excluding hydrogens is 252 g/mol. The van der Waals surface area contributed by atoms with Crippen molar-refractivity contribution in [1.82, 2.24) is 15.5 Å². The van der Waals surface area contributed by atoms with Crippen LogP contribution in [0.4, 0.5) is 0 Å². The molecule has 1 aliphatic heterocycles.